The molecule has 0 aliphatic rings. The minimum atomic E-state index is -0.209. The van der Waals surface area contributed by atoms with Crippen molar-refractivity contribution in [2.45, 2.75) is 20.3 Å². The van der Waals surface area contributed by atoms with Crippen LogP contribution >= 0.6 is 0 Å². The molecule has 1 aromatic heterocycles. The van der Waals surface area contributed by atoms with E-state index >= 15 is 0 Å². The standard InChI is InChI=1S/C15H18FN3O/c1-3-20-15-11(2)14(18-10-19-15)17-8-7-12-5-4-6-13(16)9-12/h4-6,9-10H,3,7-8H2,1-2H3,(H,17,18,19). The van der Waals surface area contributed by atoms with Crippen molar-refractivity contribution in [2.75, 3.05) is 18.5 Å². The normalized spacial score (nSPS) is 10.3. The Hall–Kier alpha value is -2.17. The van der Waals surface area contributed by atoms with Gasteiger partial charge in [0, 0.05) is 6.54 Å². The second kappa shape index (κ2) is 6.84. The van der Waals surface area contributed by atoms with Gasteiger partial charge >= 0.3 is 0 Å². The monoisotopic (exact) mass is 275 g/mol. The summed E-state index contributed by atoms with van der Waals surface area (Å²) in [5.74, 6) is 1.13. The van der Waals surface area contributed by atoms with Crippen LogP contribution in [0.3, 0.4) is 0 Å². The summed E-state index contributed by atoms with van der Waals surface area (Å²) in [4.78, 5) is 8.28. The number of nitrogens with one attached hydrogen (secondary N) is 1. The fourth-order valence-corrected chi connectivity index (χ4v) is 1.91. The summed E-state index contributed by atoms with van der Waals surface area (Å²) in [5.41, 5.74) is 1.84. The Morgan fingerprint density at radius 3 is 2.90 bits per heavy atom. The molecule has 0 spiro atoms. The Kier molecular flexibility index (Phi) is 4.87. The topological polar surface area (TPSA) is 47.0 Å². The fourth-order valence-electron chi connectivity index (χ4n) is 1.91. The molecule has 0 amide bonds. The first-order chi connectivity index (χ1) is 9.70. The van der Waals surface area contributed by atoms with E-state index in [2.05, 4.69) is 15.3 Å². The van der Waals surface area contributed by atoms with Gasteiger partial charge in [-0.15, -0.1) is 0 Å². The van der Waals surface area contributed by atoms with Crippen molar-refractivity contribution in [2.24, 2.45) is 0 Å². The first-order valence-electron chi connectivity index (χ1n) is 6.63. The predicted octanol–water partition coefficient (Wildman–Crippen LogP) is 2.98. The summed E-state index contributed by atoms with van der Waals surface area (Å²) in [6, 6.07) is 6.61. The van der Waals surface area contributed by atoms with E-state index in [1.54, 1.807) is 12.1 Å². The maximum absolute atomic E-state index is 13.1. The molecule has 106 valence electrons. The molecule has 1 heterocycles. The molecule has 5 heteroatoms. The second-order valence-corrected chi connectivity index (χ2v) is 4.39. The number of hydrogen-bond acceptors (Lipinski definition) is 4. The van der Waals surface area contributed by atoms with Gasteiger partial charge in [0.05, 0.1) is 12.2 Å². The molecule has 0 aliphatic carbocycles. The molecule has 0 atom stereocenters. The molecule has 1 N–H and O–H groups in total. The Bertz CT molecular complexity index is 575. The third kappa shape index (κ3) is 3.66. The molecule has 0 aliphatic heterocycles. The van der Waals surface area contributed by atoms with E-state index < -0.39 is 0 Å². The minimum Gasteiger partial charge on any atom is -0.478 e. The summed E-state index contributed by atoms with van der Waals surface area (Å²) in [6.45, 7) is 5.07. The Morgan fingerprint density at radius 2 is 2.15 bits per heavy atom. The molecular weight excluding hydrogens is 257 g/mol. The Balaban J connectivity index is 1.96. The molecule has 2 aromatic rings. The lowest BCUT2D eigenvalue weighted by molar-refractivity contribution is 0.324. The zero-order chi connectivity index (χ0) is 14.4. The van der Waals surface area contributed by atoms with E-state index in [-0.39, 0.29) is 5.82 Å². The Morgan fingerprint density at radius 1 is 1.30 bits per heavy atom. The largest absolute Gasteiger partial charge is 0.478 e. The number of ether oxygens (including phenoxy) is 1. The highest BCUT2D eigenvalue weighted by atomic mass is 19.1. The van der Waals surface area contributed by atoms with Crippen molar-refractivity contribution >= 4 is 5.82 Å². The van der Waals surface area contributed by atoms with Crippen molar-refractivity contribution in [3.05, 3.63) is 47.5 Å². The van der Waals surface area contributed by atoms with Crippen LogP contribution in [0.2, 0.25) is 0 Å². The number of benzene rings is 1. The summed E-state index contributed by atoms with van der Waals surface area (Å²) < 4.78 is 18.5. The van der Waals surface area contributed by atoms with Crippen LogP contribution in [0.4, 0.5) is 10.2 Å². The van der Waals surface area contributed by atoms with Gasteiger partial charge in [-0.05, 0) is 38.0 Å². The summed E-state index contributed by atoms with van der Waals surface area (Å²) >= 11 is 0. The van der Waals surface area contributed by atoms with Crippen LogP contribution in [0.25, 0.3) is 0 Å². The van der Waals surface area contributed by atoms with Gasteiger partial charge in [-0.2, -0.15) is 0 Å². The third-order valence-corrected chi connectivity index (χ3v) is 2.91. The average molecular weight is 275 g/mol. The highest BCUT2D eigenvalue weighted by Gasteiger charge is 2.07. The van der Waals surface area contributed by atoms with Crippen LogP contribution in [0.1, 0.15) is 18.1 Å². The van der Waals surface area contributed by atoms with Crippen LogP contribution in [-0.2, 0) is 6.42 Å². The summed E-state index contributed by atoms with van der Waals surface area (Å²) in [6.07, 6.45) is 2.20. The summed E-state index contributed by atoms with van der Waals surface area (Å²) in [7, 11) is 0. The van der Waals surface area contributed by atoms with Gasteiger partial charge in [0.2, 0.25) is 5.88 Å². The first-order valence-corrected chi connectivity index (χ1v) is 6.63. The van der Waals surface area contributed by atoms with E-state index in [9.17, 15) is 4.39 Å². The van der Waals surface area contributed by atoms with Crippen LogP contribution in [0.5, 0.6) is 5.88 Å². The van der Waals surface area contributed by atoms with Crippen LogP contribution in [0.15, 0.2) is 30.6 Å². The van der Waals surface area contributed by atoms with E-state index in [4.69, 9.17) is 4.74 Å². The third-order valence-electron chi connectivity index (χ3n) is 2.91. The number of aromatic nitrogens is 2. The fraction of sp³-hybridized carbons (Fsp3) is 0.333. The van der Waals surface area contributed by atoms with Crippen LogP contribution < -0.4 is 10.1 Å². The molecule has 0 bridgehead atoms. The van der Waals surface area contributed by atoms with Crippen LogP contribution in [-0.4, -0.2) is 23.1 Å². The molecule has 0 unspecified atom stereocenters. The smallest absolute Gasteiger partial charge is 0.221 e. The number of hydrogen-bond donors (Lipinski definition) is 1. The predicted molar refractivity (Wildman–Crippen MR) is 76.5 cm³/mol. The highest BCUT2D eigenvalue weighted by molar-refractivity contribution is 5.47. The molecule has 0 saturated heterocycles. The van der Waals surface area contributed by atoms with Crippen molar-refractivity contribution in [3.63, 3.8) is 0 Å². The minimum absolute atomic E-state index is 0.209. The van der Waals surface area contributed by atoms with Gasteiger partial charge in [-0.1, -0.05) is 12.1 Å². The number of nitrogens with zero attached hydrogens (tertiary/aromatic N) is 2. The quantitative estimate of drug-likeness (QED) is 0.880. The number of halogens is 1. The van der Waals surface area contributed by atoms with E-state index in [0.29, 0.717) is 19.0 Å². The first kappa shape index (κ1) is 14.2. The van der Waals surface area contributed by atoms with Crippen molar-refractivity contribution in [3.8, 4) is 5.88 Å². The van der Waals surface area contributed by atoms with Gasteiger partial charge in [-0.3, -0.25) is 0 Å². The zero-order valence-electron chi connectivity index (χ0n) is 11.7. The van der Waals surface area contributed by atoms with Crippen molar-refractivity contribution in [1.29, 1.82) is 0 Å². The zero-order valence-corrected chi connectivity index (χ0v) is 11.7. The van der Waals surface area contributed by atoms with Gasteiger partial charge < -0.3 is 10.1 Å². The Labute approximate surface area is 118 Å². The molecule has 20 heavy (non-hydrogen) atoms. The van der Waals surface area contributed by atoms with Gasteiger partial charge in [0.15, 0.2) is 0 Å². The molecule has 0 radical (unpaired) electrons. The molecule has 2 rings (SSSR count). The molecule has 0 saturated carbocycles. The summed E-state index contributed by atoms with van der Waals surface area (Å²) in [5, 5.41) is 3.23. The lowest BCUT2D eigenvalue weighted by Crippen LogP contribution is -2.09. The number of anilines is 1. The second-order valence-electron chi connectivity index (χ2n) is 4.39. The molecular formula is C15H18FN3O. The number of rotatable bonds is 6. The molecule has 1 aromatic carbocycles. The SMILES string of the molecule is CCOc1ncnc(NCCc2cccc(F)c2)c1C. The van der Waals surface area contributed by atoms with Crippen molar-refractivity contribution in [1.82, 2.24) is 9.97 Å². The molecule has 4 nitrogen and oxygen atoms in total. The maximum atomic E-state index is 13.1. The van der Waals surface area contributed by atoms with Gasteiger partial charge in [0.1, 0.15) is 18.0 Å². The van der Waals surface area contributed by atoms with Crippen molar-refractivity contribution < 1.29 is 9.13 Å². The average Bonchev–Trinajstić information content (AvgIpc) is 2.43. The van der Waals surface area contributed by atoms with Gasteiger partial charge in [-0.25, -0.2) is 14.4 Å². The van der Waals surface area contributed by atoms with E-state index in [1.165, 1.54) is 12.4 Å². The lowest BCUT2D eigenvalue weighted by atomic mass is 10.1. The van der Waals surface area contributed by atoms with E-state index in [1.807, 2.05) is 19.9 Å². The highest BCUT2D eigenvalue weighted by Crippen LogP contribution is 2.20. The van der Waals surface area contributed by atoms with E-state index in [0.717, 1.165) is 23.4 Å². The maximum Gasteiger partial charge on any atom is 0.221 e. The molecule has 0 fully saturated rings. The lowest BCUT2D eigenvalue weighted by Gasteiger charge is -2.11. The van der Waals surface area contributed by atoms with Crippen LogP contribution in [0, 0.1) is 12.7 Å². The van der Waals surface area contributed by atoms with Gasteiger partial charge in [0.25, 0.3) is 0 Å².